The summed E-state index contributed by atoms with van der Waals surface area (Å²) in [5.41, 5.74) is 1.32. The van der Waals surface area contributed by atoms with Gasteiger partial charge in [-0.05, 0) is 26.0 Å². The van der Waals surface area contributed by atoms with Gasteiger partial charge in [0, 0.05) is 18.8 Å². The highest BCUT2D eigenvalue weighted by Crippen LogP contribution is 2.11. The quantitative estimate of drug-likeness (QED) is 0.700. The van der Waals surface area contributed by atoms with E-state index in [1.165, 1.54) is 5.69 Å². The number of hydrogen-bond acceptors (Lipinski definition) is 3. The van der Waals surface area contributed by atoms with Crippen LogP contribution in [0.4, 0.5) is 5.69 Å². The summed E-state index contributed by atoms with van der Waals surface area (Å²) in [4.78, 5) is 2.33. The van der Waals surface area contributed by atoms with E-state index < -0.39 is 7.69 Å². The van der Waals surface area contributed by atoms with Crippen LogP contribution in [0.2, 0.25) is 0 Å². The van der Waals surface area contributed by atoms with Crippen LogP contribution in [-0.4, -0.2) is 30.8 Å². The second kappa shape index (κ2) is 8.60. The fraction of sp³-hybridized carbons (Fsp3) is 0.400. The van der Waals surface area contributed by atoms with E-state index in [4.69, 9.17) is 10.0 Å². The molecule has 0 unspecified atom stereocenters. The Labute approximate surface area is 86.3 Å². The molecule has 0 aliphatic rings. The molecule has 1 aromatic carbocycles. The molecule has 0 radical (unpaired) electrons. The van der Waals surface area contributed by atoms with Crippen molar-refractivity contribution in [1.29, 1.82) is 0 Å². The third-order valence-electron chi connectivity index (χ3n) is 1.88. The van der Waals surface area contributed by atoms with Crippen LogP contribution in [0.25, 0.3) is 0 Å². The average molecular weight is 195 g/mol. The summed E-state index contributed by atoms with van der Waals surface area (Å²) in [6, 6.07) is 10.5. The predicted octanol–water partition coefficient (Wildman–Crippen LogP) is 0.770. The zero-order chi connectivity index (χ0) is 10.8. The minimum absolute atomic E-state index is 0.750. The van der Waals surface area contributed by atoms with Crippen LogP contribution in [0.5, 0.6) is 0 Å². The second-order valence-corrected chi connectivity index (χ2v) is 2.65. The van der Waals surface area contributed by atoms with Crippen molar-refractivity contribution in [2.75, 3.05) is 18.0 Å². The Morgan fingerprint density at radius 3 is 1.86 bits per heavy atom. The molecule has 0 bridgehead atoms. The lowest BCUT2D eigenvalue weighted by molar-refractivity contribution is 0.448. The summed E-state index contributed by atoms with van der Waals surface area (Å²) in [6.45, 7) is 6.52. The van der Waals surface area contributed by atoms with E-state index >= 15 is 0 Å². The van der Waals surface area contributed by atoms with Gasteiger partial charge in [-0.15, -0.1) is 0 Å². The zero-order valence-corrected chi connectivity index (χ0v) is 8.85. The number of hydrogen-bond donors (Lipinski definition) is 2. The molecule has 14 heavy (non-hydrogen) atoms. The SMILES string of the molecule is CCN(CC)c1ccccc1.OBO. The molecule has 0 fully saturated rings. The fourth-order valence-electron chi connectivity index (χ4n) is 1.23. The van der Waals surface area contributed by atoms with E-state index in [2.05, 4.69) is 43.0 Å². The third-order valence-corrected chi connectivity index (χ3v) is 1.88. The molecule has 0 aromatic heterocycles. The molecule has 78 valence electrons. The highest BCUT2D eigenvalue weighted by atomic mass is 16.4. The summed E-state index contributed by atoms with van der Waals surface area (Å²) >= 11 is 0. The van der Waals surface area contributed by atoms with Crippen molar-refractivity contribution in [3.8, 4) is 0 Å². The van der Waals surface area contributed by atoms with Gasteiger partial charge in [0.05, 0.1) is 0 Å². The van der Waals surface area contributed by atoms with Crippen molar-refractivity contribution in [3.63, 3.8) is 0 Å². The van der Waals surface area contributed by atoms with Crippen LogP contribution in [0.15, 0.2) is 30.3 Å². The van der Waals surface area contributed by atoms with Crippen LogP contribution in [0.3, 0.4) is 0 Å². The molecule has 0 saturated carbocycles. The number of benzene rings is 1. The Bertz CT molecular complexity index is 215. The lowest BCUT2D eigenvalue weighted by atomic mass is 10.3. The summed E-state index contributed by atoms with van der Waals surface area (Å²) in [7, 11) is -0.750. The first-order chi connectivity index (χ1) is 6.79. The fourth-order valence-corrected chi connectivity index (χ4v) is 1.23. The molecule has 0 heterocycles. The smallest absolute Gasteiger partial charge is 0.430 e. The molecule has 4 heteroatoms. The molecule has 0 atom stereocenters. The maximum atomic E-state index is 7.12. The third kappa shape index (κ3) is 4.89. The van der Waals surface area contributed by atoms with Crippen LogP contribution in [0, 0.1) is 0 Å². The number of nitrogens with zero attached hydrogens (tertiary/aromatic N) is 1. The van der Waals surface area contributed by atoms with E-state index in [0.717, 1.165) is 13.1 Å². The zero-order valence-electron chi connectivity index (χ0n) is 8.85. The van der Waals surface area contributed by atoms with Crippen LogP contribution in [0.1, 0.15) is 13.8 Å². The van der Waals surface area contributed by atoms with Gasteiger partial charge in [0.25, 0.3) is 0 Å². The Kier molecular flexibility index (Phi) is 7.99. The minimum atomic E-state index is -0.750. The standard InChI is InChI=1S/C10H15N.BH3O2/c1-3-11(4-2)10-8-6-5-7-9-10;2-1-3/h5-9H,3-4H2,1-2H3;1-3H. The molecule has 0 aliphatic heterocycles. The van der Waals surface area contributed by atoms with Gasteiger partial charge in [-0.1, -0.05) is 18.2 Å². The van der Waals surface area contributed by atoms with E-state index in [0.29, 0.717) is 0 Å². The van der Waals surface area contributed by atoms with Crippen molar-refractivity contribution in [1.82, 2.24) is 0 Å². The predicted molar refractivity (Wildman–Crippen MR) is 61.6 cm³/mol. The van der Waals surface area contributed by atoms with Gasteiger partial charge in [0.15, 0.2) is 0 Å². The highest BCUT2D eigenvalue weighted by molar-refractivity contribution is 6.13. The van der Waals surface area contributed by atoms with Gasteiger partial charge in [0.1, 0.15) is 0 Å². The van der Waals surface area contributed by atoms with E-state index in [-0.39, 0.29) is 0 Å². The Hall–Kier alpha value is -0.995. The van der Waals surface area contributed by atoms with Gasteiger partial charge in [-0.2, -0.15) is 0 Å². The first-order valence-corrected chi connectivity index (χ1v) is 4.81. The van der Waals surface area contributed by atoms with Gasteiger partial charge < -0.3 is 14.9 Å². The Morgan fingerprint density at radius 1 is 1.07 bits per heavy atom. The lowest BCUT2D eigenvalue weighted by Crippen LogP contribution is -2.21. The topological polar surface area (TPSA) is 43.7 Å². The van der Waals surface area contributed by atoms with Crippen molar-refractivity contribution < 1.29 is 10.0 Å². The molecular formula is C10H18BNO2. The van der Waals surface area contributed by atoms with Gasteiger partial charge >= 0.3 is 7.69 Å². The van der Waals surface area contributed by atoms with E-state index in [9.17, 15) is 0 Å². The molecule has 3 nitrogen and oxygen atoms in total. The first-order valence-electron chi connectivity index (χ1n) is 4.81. The van der Waals surface area contributed by atoms with Crippen molar-refractivity contribution in [2.45, 2.75) is 13.8 Å². The van der Waals surface area contributed by atoms with Gasteiger partial charge in [0.2, 0.25) is 0 Å². The van der Waals surface area contributed by atoms with Gasteiger partial charge in [-0.25, -0.2) is 0 Å². The largest absolute Gasteiger partial charge is 0.432 e. The van der Waals surface area contributed by atoms with E-state index in [1.807, 2.05) is 6.07 Å². The van der Waals surface area contributed by atoms with Crippen molar-refractivity contribution in [3.05, 3.63) is 30.3 Å². The lowest BCUT2D eigenvalue weighted by Gasteiger charge is -2.20. The number of para-hydroxylation sites is 1. The molecule has 0 aliphatic carbocycles. The van der Waals surface area contributed by atoms with Crippen molar-refractivity contribution >= 4 is 13.4 Å². The molecule has 1 aromatic rings. The molecule has 0 spiro atoms. The van der Waals surface area contributed by atoms with Crippen molar-refractivity contribution in [2.24, 2.45) is 0 Å². The van der Waals surface area contributed by atoms with Crippen LogP contribution in [-0.2, 0) is 0 Å². The number of rotatable bonds is 3. The van der Waals surface area contributed by atoms with E-state index in [1.54, 1.807) is 0 Å². The molecule has 1 rings (SSSR count). The maximum Gasteiger partial charge on any atom is 0.432 e. The van der Waals surface area contributed by atoms with Crippen LogP contribution >= 0.6 is 0 Å². The molecule has 2 N–H and O–H groups in total. The molecular weight excluding hydrogens is 177 g/mol. The average Bonchev–Trinajstić information content (AvgIpc) is 2.22. The maximum absolute atomic E-state index is 7.12. The normalized spacial score (nSPS) is 8.57. The summed E-state index contributed by atoms with van der Waals surface area (Å²) < 4.78 is 0. The summed E-state index contributed by atoms with van der Waals surface area (Å²) in [5, 5.41) is 14.2. The monoisotopic (exact) mass is 195 g/mol. The second-order valence-electron chi connectivity index (χ2n) is 2.65. The number of anilines is 1. The molecule has 0 saturated heterocycles. The molecule has 0 amide bonds. The summed E-state index contributed by atoms with van der Waals surface area (Å²) in [5.74, 6) is 0. The Balaban J connectivity index is 0.000000500. The Morgan fingerprint density at radius 2 is 1.50 bits per heavy atom. The summed E-state index contributed by atoms with van der Waals surface area (Å²) in [6.07, 6.45) is 0. The van der Waals surface area contributed by atoms with Gasteiger partial charge in [-0.3, -0.25) is 0 Å². The minimum Gasteiger partial charge on any atom is -0.430 e. The van der Waals surface area contributed by atoms with Crippen LogP contribution < -0.4 is 4.90 Å². The highest BCUT2D eigenvalue weighted by Gasteiger charge is 1.97. The first kappa shape index (κ1) is 13.0.